The molecule has 0 amide bonds. The number of methoxy groups -OCH3 is 1. The van der Waals surface area contributed by atoms with Crippen LogP contribution < -0.4 is 4.74 Å². The molecule has 0 spiro atoms. The highest BCUT2D eigenvalue weighted by molar-refractivity contribution is 6.20. The molecule has 0 radical (unpaired) electrons. The predicted molar refractivity (Wildman–Crippen MR) is 78.3 cm³/mol. The number of carboxylic acid groups (broad SMARTS) is 1. The Morgan fingerprint density at radius 2 is 1.76 bits per heavy atom. The summed E-state index contributed by atoms with van der Waals surface area (Å²) in [5, 5.41) is 28.3. The van der Waals surface area contributed by atoms with Crippen molar-refractivity contribution in [3.05, 3.63) is 53.6 Å². The van der Waals surface area contributed by atoms with Gasteiger partial charge in [0.1, 0.15) is 5.75 Å². The number of phenols is 2. The number of phenolic OH excluding ortho intramolecular Hbond substituents is 2. The molecule has 0 heterocycles. The summed E-state index contributed by atoms with van der Waals surface area (Å²) in [4.78, 5) is 11.4. The zero-order valence-corrected chi connectivity index (χ0v) is 11.3. The molecule has 0 atom stereocenters. The fraction of sp³-hybridized carbons (Fsp3) is 0.0625. The van der Waals surface area contributed by atoms with Crippen LogP contribution in [-0.4, -0.2) is 28.4 Å². The standard InChI is InChI=1S/C16H14O5/c1-21-15-7-2-10(9-14(15)18)8-13(16(19)20)11-3-5-12(17)6-4-11/h2-9,17-18H,1H3,(H,19,20)/b13-8-. The Balaban J connectivity index is 2.45. The smallest absolute Gasteiger partial charge is 0.336 e. The Kier molecular flexibility index (Phi) is 4.13. The van der Waals surface area contributed by atoms with Crippen LogP contribution in [0.15, 0.2) is 42.5 Å². The lowest BCUT2D eigenvalue weighted by Gasteiger charge is -2.06. The summed E-state index contributed by atoms with van der Waals surface area (Å²) in [7, 11) is 1.43. The van der Waals surface area contributed by atoms with E-state index in [1.807, 2.05) is 0 Å². The quantitative estimate of drug-likeness (QED) is 0.594. The monoisotopic (exact) mass is 286 g/mol. The van der Waals surface area contributed by atoms with Gasteiger partial charge < -0.3 is 20.1 Å². The van der Waals surface area contributed by atoms with Gasteiger partial charge in [0.2, 0.25) is 0 Å². The largest absolute Gasteiger partial charge is 0.508 e. The fourth-order valence-electron chi connectivity index (χ4n) is 1.87. The number of hydrogen-bond donors (Lipinski definition) is 3. The van der Waals surface area contributed by atoms with Crippen LogP contribution in [0.25, 0.3) is 11.6 Å². The molecule has 2 aromatic rings. The minimum absolute atomic E-state index is 0.0552. The molecule has 0 aromatic heterocycles. The highest BCUT2D eigenvalue weighted by Crippen LogP contribution is 2.28. The topological polar surface area (TPSA) is 87.0 Å². The Morgan fingerprint density at radius 3 is 2.29 bits per heavy atom. The first-order valence-electron chi connectivity index (χ1n) is 6.12. The number of hydrogen-bond acceptors (Lipinski definition) is 4. The molecule has 108 valence electrons. The highest BCUT2D eigenvalue weighted by Gasteiger charge is 2.11. The van der Waals surface area contributed by atoms with E-state index in [4.69, 9.17) is 4.74 Å². The lowest BCUT2D eigenvalue weighted by Crippen LogP contribution is -1.99. The first-order valence-corrected chi connectivity index (χ1v) is 6.12. The molecule has 0 aliphatic rings. The highest BCUT2D eigenvalue weighted by atomic mass is 16.5. The molecule has 0 unspecified atom stereocenters. The molecule has 0 fully saturated rings. The number of ether oxygens (including phenoxy) is 1. The van der Waals surface area contributed by atoms with Crippen LogP contribution in [0.4, 0.5) is 0 Å². The van der Waals surface area contributed by atoms with Crippen molar-refractivity contribution >= 4 is 17.6 Å². The minimum Gasteiger partial charge on any atom is -0.508 e. The third-order valence-electron chi connectivity index (χ3n) is 2.92. The van der Waals surface area contributed by atoms with Crippen LogP contribution in [0.3, 0.4) is 0 Å². The number of carboxylic acids is 1. The molecule has 5 nitrogen and oxygen atoms in total. The number of aromatic hydroxyl groups is 2. The van der Waals surface area contributed by atoms with Gasteiger partial charge in [-0.1, -0.05) is 18.2 Å². The number of carbonyl (C=O) groups is 1. The van der Waals surface area contributed by atoms with Crippen molar-refractivity contribution in [1.82, 2.24) is 0 Å². The van der Waals surface area contributed by atoms with Crippen LogP contribution in [-0.2, 0) is 4.79 Å². The summed E-state index contributed by atoms with van der Waals surface area (Å²) in [6.45, 7) is 0. The molecular weight excluding hydrogens is 272 g/mol. The van der Waals surface area contributed by atoms with Crippen LogP contribution in [0.1, 0.15) is 11.1 Å². The molecular formula is C16H14O5. The first-order chi connectivity index (χ1) is 10.0. The molecule has 0 bridgehead atoms. The molecule has 3 N–H and O–H groups in total. The summed E-state index contributed by atoms with van der Waals surface area (Å²) in [6.07, 6.45) is 1.44. The van der Waals surface area contributed by atoms with Crippen molar-refractivity contribution in [1.29, 1.82) is 0 Å². The fourth-order valence-corrected chi connectivity index (χ4v) is 1.87. The second kappa shape index (κ2) is 6.00. The van der Waals surface area contributed by atoms with E-state index in [1.165, 1.54) is 43.5 Å². The van der Waals surface area contributed by atoms with E-state index >= 15 is 0 Å². The zero-order valence-electron chi connectivity index (χ0n) is 11.3. The second-order valence-corrected chi connectivity index (χ2v) is 4.34. The van der Waals surface area contributed by atoms with E-state index in [2.05, 4.69) is 0 Å². The van der Waals surface area contributed by atoms with Crippen LogP contribution >= 0.6 is 0 Å². The van der Waals surface area contributed by atoms with Crippen molar-refractivity contribution in [3.8, 4) is 17.2 Å². The maximum atomic E-state index is 11.4. The van der Waals surface area contributed by atoms with Gasteiger partial charge in [-0.25, -0.2) is 4.79 Å². The van der Waals surface area contributed by atoms with Gasteiger partial charge in [-0.15, -0.1) is 0 Å². The average Bonchev–Trinajstić information content (AvgIpc) is 2.46. The predicted octanol–water partition coefficient (Wildman–Crippen LogP) is 2.73. The lowest BCUT2D eigenvalue weighted by molar-refractivity contribution is -0.130. The Hall–Kier alpha value is -2.95. The van der Waals surface area contributed by atoms with Gasteiger partial charge in [0.15, 0.2) is 11.5 Å². The second-order valence-electron chi connectivity index (χ2n) is 4.34. The van der Waals surface area contributed by atoms with E-state index < -0.39 is 5.97 Å². The maximum absolute atomic E-state index is 11.4. The van der Waals surface area contributed by atoms with Gasteiger partial charge >= 0.3 is 5.97 Å². The summed E-state index contributed by atoms with van der Waals surface area (Å²) >= 11 is 0. The molecule has 2 rings (SSSR count). The van der Waals surface area contributed by atoms with E-state index in [1.54, 1.807) is 12.1 Å². The third kappa shape index (κ3) is 3.33. The summed E-state index contributed by atoms with van der Waals surface area (Å²) < 4.78 is 4.94. The van der Waals surface area contributed by atoms with Crippen molar-refractivity contribution in [3.63, 3.8) is 0 Å². The van der Waals surface area contributed by atoms with E-state index in [-0.39, 0.29) is 17.1 Å². The number of benzene rings is 2. The molecule has 0 saturated heterocycles. The molecule has 0 aliphatic carbocycles. The van der Waals surface area contributed by atoms with Gasteiger partial charge in [0.05, 0.1) is 12.7 Å². The Labute approximate surface area is 121 Å². The number of aliphatic carboxylic acids is 1. The Morgan fingerprint density at radius 1 is 1.10 bits per heavy atom. The molecule has 21 heavy (non-hydrogen) atoms. The van der Waals surface area contributed by atoms with Crippen LogP contribution in [0.5, 0.6) is 17.2 Å². The maximum Gasteiger partial charge on any atom is 0.336 e. The summed E-state index contributed by atoms with van der Waals surface area (Å²) in [5.74, 6) is -0.795. The van der Waals surface area contributed by atoms with Gasteiger partial charge in [-0.2, -0.15) is 0 Å². The Bertz CT molecular complexity index is 686. The summed E-state index contributed by atoms with van der Waals surface area (Å²) in [6, 6.07) is 10.5. The molecule has 5 heteroatoms. The van der Waals surface area contributed by atoms with Gasteiger partial charge in [-0.3, -0.25) is 0 Å². The van der Waals surface area contributed by atoms with Crippen LogP contribution in [0.2, 0.25) is 0 Å². The van der Waals surface area contributed by atoms with E-state index in [0.29, 0.717) is 16.9 Å². The first kappa shape index (κ1) is 14.5. The van der Waals surface area contributed by atoms with E-state index in [0.717, 1.165) is 0 Å². The zero-order chi connectivity index (χ0) is 15.4. The van der Waals surface area contributed by atoms with Gasteiger partial charge in [-0.05, 0) is 41.5 Å². The van der Waals surface area contributed by atoms with Crippen molar-refractivity contribution in [2.45, 2.75) is 0 Å². The molecule has 0 saturated carbocycles. The minimum atomic E-state index is -1.10. The number of rotatable bonds is 4. The molecule has 0 aliphatic heterocycles. The van der Waals surface area contributed by atoms with Crippen molar-refractivity contribution in [2.75, 3.05) is 7.11 Å². The van der Waals surface area contributed by atoms with Crippen molar-refractivity contribution in [2.24, 2.45) is 0 Å². The van der Waals surface area contributed by atoms with Gasteiger partial charge in [0, 0.05) is 0 Å². The third-order valence-corrected chi connectivity index (χ3v) is 2.92. The molecule has 2 aromatic carbocycles. The summed E-state index contributed by atoms with van der Waals surface area (Å²) in [5.41, 5.74) is 1.04. The van der Waals surface area contributed by atoms with Crippen molar-refractivity contribution < 1.29 is 24.9 Å². The lowest BCUT2D eigenvalue weighted by atomic mass is 10.0. The van der Waals surface area contributed by atoms with E-state index in [9.17, 15) is 20.1 Å². The van der Waals surface area contributed by atoms with Gasteiger partial charge in [0.25, 0.3) is 0 Å². The average molecular weight is 286 g/mol. The van der Waals surface area contributed by atoms with Crippen LogP contribution in [0, 0.1) is 0 Å². The normalized spacial score (nSPS) is 11.2. The SMILES string of the molecule is COc1ccc(/C=C(\C(=O)O)c2ccc(O)cc2)cc1O.